The minimum atomic E-state index is -4.64. The Morgan fingerprint density at radius 1 is 1.19 bits per heavy atom. The minimum absolute atomic E-state index is 0.00390. The SMILES string of the molecule is CCN(CC(C)Nc1ccc(F)c(C(=O)O)c1)C1CC[C@@](C(=O)N2COc3c(cc(C(F)(F)F)cc3N3CCCC3=O)C2)(C2CC2)OC1. The number of nitrogens with one attached hydrogen (secondary N) is 1. The summed E-state index contributed by atoms with van der Waals surface area (Å²) in [5.41, 5.74) is -1.62. The number of anilines is 2. The van der Waals surface area contributed by atoms with Crippen LogP contribution >= 0.6 is 0 Å². The second kappa shape index (κ2) is 13.2. The second-order valence-electron chi connectivity index (χ2n) is 13.2. The van der Waals surface area contributed by atoms with Gasteiger partial charge >= 0.3 is 12.1 Å². The van der Waals surface area contributed by atoms with E-state index in [1.807, 2.05) is 13.8 Å². The Bertz CT molecular complexity index is 1570. The van der Waals surface area contributed by atoms with E-state index in [0.29, 0.717) is 44.6 Å². The van der Waals surface area contributed by atoms with E-state index < -0.39 is 34.7 Å². The average Bonchev–Trinajstić information content (AvgIpc) is 3.83. The molecule has 0 radical (unpaired) electrons. The van der Waals surface area contributed by atoms with E-state index in [9.17, 15) is 37.1 Å². The molecule has 14 heteroatoms. The maximum Gasteiger partial charge on any atom is 0.416 e. The highest BCUT2D eigenvalue weighted by atomic mass is 19.4. The second-order valence-corrected chi connectivity index (χ2v) is 13.2. The summed E-state index contributed by atoms with van der Waals surface area (Å²) in [4.78, 5) is 43.0. The van der Waals surface area contributed by atoms with Gasteiger partial charge in [-0.2, -0.15) is 13.2 Å². The van der Waals surface area contributed by atoms with Crippen LogP contribution in [0.4, 0.5) is 28.9 Å². The summed E-state index contributed by atoms with van der Waals surface area (Å²) in [5, 5.41) is 12.5. The number of hydrogen-bond acceptors (Lipinski definition) is 7. The summed E-state index contributed by atoms with van der Waals surface area (Å²) >= 11 is 0. The molecular weight excluding hydrogens is 636 g/mol. The van der Waals surface area contributed by atoms with Crippen LogP contribution in [-0.2, 0) is 27.0 Å². The fraction of sp³-hybridized carbons (Fsp3) is 0.559. The van der Waals surface area contributed by atoms with E-state index >= 15 is 0 Å². The Kier molecular flexibility index (Phi) is 9.33. The molecule has 3 fully saturated rings. The number of rotatable bonds is 10. The number of amides is 2. The van der Waals surface area contributed by atoms with Crippen molar-refractivity contribution in [2.45, 2.75) is 82.8 Å². The number of aromatic carboxylic acids is 1. The lowest BCUT2D eigenvalue weighted by atomic mass is 9.85. The van der Waals surface area contributed by atoms with E-state index in [-0.39, 0.29) is 73.1 Å². The van der Waals surface area contributed by atoms with Crippen LogP contribution in [-0.4, -0.2) is 83.3 Å². The van der Waals surface area contributed by atoms with Gasteiger partial charge in [-0.05, 0) is 81.8 Å². The molecule has 3 heterocycles. The molecule has 3 aliphatic heterocycles. The molecule has 1 saturated carbocycles. The quantitative estimate of drug-likeness (QED) is 0.318. The van der Waals surface area contributed by atoms with Crippen LogP contribution in [0.25, 0.3) is 0 Å². The maximum absolute atomic E-state index is 14.2. The van der Waals surface area contributed by atoms with Crippen molar-refractivity contribution in [3.63, 3.8) is 0 Å². The number of carbonyl (C=O) groups is 3. The molecule has 2 aromatic rings. The van der Waals surface area contributed by atoms with Gasteiger partial charge in [-0.3, -0.25) is 14.5 Å². The van der Waals surface area contributed by atoms with Gasteiger partial charge in [-0.15, -0.1) is 0 Å². The molecule has 260 valence electrons. The first kappa shape index (κ1) is 34.0. The third kappa shape index (κ3) is 6.69. The first-order valence-electron chi connectivity index (χ1n) is 16.4. The van der Waals surface area contributed by atoms with Crippen molar-refractivity contribution in [2.75, 3.05) is 43.2 Å². The van der Waals surface area contributed by atoms with Crippen LogP contribution in [0, 0.1) is 11.7 Å². The lowest BCUT2D eigenvalue weighted by Gasteiger charge is -2.45. The van der Waals surface area contributed by atoms with Gasteiger partial charge in [0, 0.05) is 42.8 Å². The number of nitrogens with zero attached hydrogens (tertiary/aromatic N) is 3. The Hall–Kier alpha value is -3.91. The van der Waals surface area contributed by atoms with Crippen molar-refractivity contribution in [3.05, 3.63) is 52.8 Å². The molecule has 2 aromatic carbocycles. The number of likely N-dealkylation sites (N-methyl/N-ethyl adjacent to an activating group) is 1. The molecule has 1 aliphatic carbocycles. The highest BCUT2D eigenvalue weighted by Gasteiger charge is 2.56. The number of halogens is 4. The van der Waals surface area contributed by atoms with Gasteiger partial charge in [0.25, 0.3) is 5.91 Å². The Morgan fingerprint density at radius 2 is 1.96 bits per heavy atom. The van der Waals surface area contributed by atoms with Gasteiger partial charge in [0.2, 0.25) is 5.91 Å². The summed E-state index contributed by atoms with van der Waals surface area (Å²) in [6.45, 7) is 5.56. The van der Waals surface area contributed by atoms with E-state index in [4.69, 9.17) is 9.47 Å². The maximum atomic E-state index is 14.2. The Balaban J connectivity index is 1.14. The van der Waals surface area contributed by atoms with Crippen LogP contribution in [0.15, 0.2) is 30.3 Å². The fourth-order valence-electron chi connectivity index (χ4n) is 7.30. The molecule has 0 spiro atoms. The van der Waals surface area contributed by atoms with Crippen molar-refractivity contribution < 1.29 is 46.5 Å². The zero-order valence-electron chi connectivity index (χ0n) is 26.9. The molecule has 2 N–H and O–H groups in total. The molecule has 2 unspecified atom stereocenters. The molecule has 6 rings (SSSR count). The first-order valence-corrected chi connectivity index (χ1v) is 16.4. The van der Waals surface area contributed by atoms with Gasteiger partial charge < -0.3 is 29.7 Å². The first-order chi connectivity index (χ1) is 22.8. The van der Waals surface area contributed by atoms with Crippen LogP contribution in [0.2, 0.25) is 0 Å². The number of hydrogen-bond donors (Lipinski definition) is 2. The highest BCUT2D eigenvalue weighted by molar-refractivity contribution is 5.97. The predicted molar refractivity (Wildman–Crippen MR) is 167 cm³/mol. The van der Waals surface area contributed by atoms with E-state index in [1.54, 1.807) is 0 Å². The van der Waals surface area contributed by atoms with Crippen LogP contribution < -0.4 is 15.0 Å². The number of carboxylic acids is 1. The topological polar surface area (TPSA) is 112 Å². The summed E-state index contributed by atoms with van der Waals surface area (Å²) in [5.74, 6) is -2.50. The van der Waals surface area contributed by atoms with E-state index in [1.165, 1.54) is 21.9 Å². The summed E-state index contributed by atoms with van der Waals surface area (Å²) in [6.07, 6.45) is -1.11. The monoisotopic (exact) mass is 676 g/mol. The molecule has 2 saturated heterocycles. The zero-order chi connectivity index (χ0) is 34.4. The smallest absolute Gasteiger partial charge is 0.416 e. The van der Waals surface area contributed by atoms with Gasteiger partial charge in [-0.25, -0.2) is 9.18 Å². The number of benzene rings is 2. The number of carboxylic acid groups (broad SMARTS) is 1. The lowest BCUT2D eigenvalue weighted by molar-refractivity contribution is -0.179. The summed E-state index contributed by atoms with van der Waals surface area (Å²) < 4.78 is 68.1. The molecule has 4 aliphatic rings. The summed E-state index contributed by atoms with van der Waals surface area (Å²) in [6, 6.07) is 5.71. The molecule has 10 nitrogen and oxygen atoms in total. The third-order valence-electron chi connectivity index (χ3n) is 9.87. The number of ether oxygens (including phenoxy) is 2. The number of alkyl halides is 3. The van der Waals surface area contributed by atoms with Crippen molar-refractivity contribution in [1.29, 1.82) is 0 Å². The number of fused-ring (bicyclic) bond motifs is 1. The largest absolute Gasteiger partial charge is 0.478 e. The zero-order valence-corrected chi connectivity index (χ0v) is 26.9. The molecule has 2 amide bonds. The van der Waals surface area contributed by atoms with Crippen molar-refractivity contribution >= 4 is 29.2 Å². The minimum Gasteiger partial charge on any atom is -0.478 e. The van der Waals surface area contributed by atoms with Gasteiger partial charge in [0.05, 0.1) is 30.0 Å². The Labute approximate surface area is 275 Å². The Morgan fingerprint density at radius 3 is 2.56 bits per heavy atom. The normalized spacial score (nSPS) is 23.6. The van der Waals surface area contributed by atoms with E-state index in [0.717, 1.165) is 31.0 Å². The number of carbonyl (C=O) groups excluding carboxylic acids is 2. The molecule has 0 bridgehead atoms. The van der Waals surface area contributed by atoms with Gasteiger partial charge in [0.15, 0.2) is 12.5 Å². The fourth-order valence-corrected chi connectivity index (χ4v) is 7.30. The molecule has 3 atom stereocenters. The molecule has 0 aromatic heterocycles. The van der Waals surface area contributed by atoms with Crippen molar-refractivity contribution in [3.8, 4) is 5.75 Å². The van der Waals surface area contributed by atoms with Crippen LogP contribution in [0.5, 0.6) is 5.75 Å². The standard InChI is InChI=1S/C34H40F4N4O6/c1-3-40(16-20(2)39-24-8-9-27(35)26(15-24)31(44)45)25-10-11-33(48-18-25,22-6-7-22)32(46)41-17-21-13-23(34(36,37)38)14-28(30(21)47-19-41)42-12-4-5-29(42)43/h8-9,13-15,20,22,25,39H,3-7,10-12,16-19H2,1-2H3,(H,44,45)/t20?,25?,33-/m0/s1. The van der Waals surface area contributed by atoms with Gasteiger partial charge in [0.1, 0.15) is 11.4 Å². The highest BCUT2D eigenvalue weighted by Crippen LogP contribution is 2.49. The lowest BCUT2D eigenvalue weighted by Crippen LogP contribution is -2.59. The van der Waals surface area contributed by atoms with E-state index in [2.05, 4.69) is 10.2 Å². The van der Waals surface area contributed by atoms with Crippen LogP contribution in [0.3, 0.4) is 0 Å². The third-order valence-corrected chi connectivity index (χ3v) is 9.87. The van der Waals surface area contributed by atoms with Crippen LogP contribution in [0.1, 0.15) is 73.9 Å². The molecular formula is C34H40F4N4O6. The van der Waals surface area contributed by atoms with Crippen molar-refractivity contribution in [1.82, 2.24) is 9.80 Å². The summed E-state index contributed by atoms with van der Waals surface area (Å²) in [7, 11) is 0. The van der Waals surface area contributed by atoms with Gasteiger partial charge in [-0.1, -0.05) is 6.92 Å². The molecule has 48 heavy (non-hydrogen) atoms. The van der Waals surface area contributed by atoms with Crippen molar-refractivity contribution in [2.24, 2.45) is 5.92 Å². The predicted octanol–water partition coefficient (Wildman–Crippen LogP) is 5.50. The average molecular weight is 677 g/mol.